The molecule has 0 unspecified atom stereocenters. The lowest BCUT2D eigenvalue weighted by Crippen LogP contribution is -2.14. The lowest BCUT2D eigenvalue weighted by Gasteiger charge is -2.15. The Morgan fingerprint density at radius 2 is 1.75 bits per heavy atom. The van der Waals surface area contributed by atoms with E-state index < -0.39 is 0 Å². The van der Waals surface area contributed by atoms with Crippen LogP contribution in [0.1, 0.15) is 54.6 Å². The first-order chi connectivity index (χ1) is 11.5. The van der Waals surface area contributed by atoms with Gasteiger partial charge < -0.3 is 10.1 Å². The van der Waals surface area contributed by atoms with Gasteiger partial charge in [0, 0.05) is 18.2 Å². The minimum Gasteiger partial charge on any atom is -0.461 e. The predicted molar refractivity (Wildman–Crippen MR) is 95.0 cm³/mol. The molecular formula is C20H23NO3. The van der Waals surface area contributed by atoms with Crippen molar-refractivity contribution in [2.75, 3.05) is 5.32 Å². The number of carbonyl (C=O) groups excluding carboxylic acids is 2. The summed E-state index contributed by atoms with van der Waals surface area (Å²) in [6, 6.07) is 14.9. The predicted octanol–water partition coefficient (Wildman–Crippen LogP) is 4.52. The smallest absolute Gasteiger partial charge is 0.302 e. The van der Waals surface area contributed by atoms with E-state index in [1.807, 2.05) is 24.3 Å². The van der Waals surface area contributed by atoms with Gasteiger partial charge in [0.1, 0.15) is 6.61 Å². The number of hydrogen-bond donors (Lipinski definition) is 1. The highest BCUT2D eigenvalue weighted by Crippen LogP contribution is 2.26. The first-order valence-electron chi connectivity index (χ1n) is 8.13. The van der Waals surface area contributed by atoms with Crippen LogP contribution >= 0.6 is 0 Å². The lowest BCUT2D eigenvalue weighted by atomic mass is 9.97. The van der Waals surface area contributed by atoms with E-state index in [4.69, 9.17) is 4.74 Å². The summed E-state index contributed by atoms with van der Waals surface area (Å²) >= 11 is 0. The Labute approximate surface area is 142 Å². The maximum Gasteiger partial charge on any atom is 0.302 e. The van der Waals surface area contributed by atoms with Crippen molar-refractivity contribution in [3.63, 3.8) is 0 Å². The molecule has 4 nitrogen and oxygen atoms in total. The molecule has 4 heteroatoms. The second-order valence-corrected chi connectivity index (χ2v) is 5.83. The maximum atomic E-state index is 12.5. The van der Waals surface area contributed by atoms with Gasteiger partial charge in [-0.05, 0) is 41.7 Å². The topological polar surface area (TPSA) is 55.4 Å². The van der Waals surface area contributed by atoms with Crippen molar-refractivity contribution in [1.82, 2.24) is 0 Å². The molecule has 24 heavy (non-hydrogen) atoms. The Kier molecular flexibility index (Phi) is 6.13. The van der Waals surface area contributed by atoms with Crippen LogP contribution < -0.4 is 5.32 Å². The summed E-state index contributed by atoms with van der Waals surface area (Å²) in [5.74, 6) is -0.0872. The Hall–Kier alpha value is -2.62. The van der Waals surface area contributed by atoms with E-state index in [-0.39, 0.29) is 18.5 Å². The van der Waals surface area contributed by atoms with E-state index in [0.29, 0.717) is 11.5 Å². The molecule has 2 aromatic carbocycles. The average molecular weight is 325 g/mol. The van der Waals surface area contributed by atoms with Gasteiger partial charge in [0.05, 0.1) is 0 Å². The highest BCUT2D eigenvalue weighted by Gasteiger charge is 2.12. The van der Waals surface area contributed by atoms with Crippen LogP contribution in [0.3, 0.4) is 0 Å². The monoisotopic (exact) mass is 325 g/mol. The molecule has 2 rings (SSSR count). The van der Waals surface area contributed by atoms with Crippen molar-refractivity contribution >= 4 is 17.6 Å². The van der Waals surface area contributed by atoms with Crippen LogP contribution in [0.4, 0.5) is 5.69 Å². The van der Waals surface area contributed by atoms with E-state index in [2.05, 4.69) is 19.2 Å². The zero-order valence-corrected chi connectivity index (χ0v) is 14.3. The molecule has 1 atom stereocenters. The summed E-state index contributed by atoms with van der Waals surface area (Å²) in [6.45, 7) is 5.87. The standard InChI is InChI=1S/C20H23NO3/c1-4-14(2)18-7-5-6-8-19(18)21-20(23)17-11-9-16(10-12-17)13-24-15(3)22/h5-12,14H,4,13H2,1-3H3,(H,21,23)/t14-/m1/s1. The molecule has 0 heterocycles. The molecule has 0 radical (unpaired) electrons. The van der Waals surface area contributed by atoms with E-state index in [9.17, 15) is 9.59 Å². The summed E-state index contributed by atoms with van der Waals surface area (Å²) in [7, 11) is 0. The molecule has 1 amide bonds. The number of para-hydroxylation sites is 1. The van der Waals surface area contributed by atoms with Gasteiger partial charge in [-0.2, -0.15) is 0 Å². The SMILES string of the molecule is CC[C@@H](C)c1ccccc1NC(=O)c1ccc(COC(C)=O)cc1. The van der Waals surface area contributed by atoms with Crippen molar-refractivity contribution in [1.29, 1.82) is 0 Å². The fourth-order valence-electron chi connectivity index (χ4n) is 2.39. The van der Waals surface area contributed by atoms with Crippen LogP contribution in [0.2, 0.25) is 0 Å². The lowest BCUT2D eigenvalue weighted by molar-refractivity contribution is -0.142. The first-order valence-corrected chi connectivity index (χ1v) is 8.13. The number of ether oxygens (including phenoxy) is 1. The molecule has 0 fully saturated rings. The van der Waals surface area contributed by atoms with Gasteiger partial charge >= 0.3 is 5.97 Å². The molecular weight excluding hydrogens is 302 g/mol. The van der Waals surface area contributed by atoms with Crippen LogP contribution in [0.15, 0.2) is 48.5 Å². The van der Waals surface area contributed by atoms with Crippen LogP contribution in [0, 0.1) is 0 Å². The second-order valence-electron chi connectivity index (χ2n) is 5.83. The van der Waals surface area contributed by atoms with Crippen molar-refractivity contribution in [3.8, 4) is 0 Å². The largest absolute Gasteiger partial charge is 0.461 e. The van der Waals surface area contributed by atoms with Crippen LogP contribution in [-0.2, 0) is 16.1 Å². The average Bonchev–Trinajstić information content (AvgIpc) is 2.60. The van der Waals surface area contributed by atoms with Gasteiger partial charge in [0.15, 0.2) is 0 Å². The quantitative estimate of drug-likeness (QED) is 0.795. The molecule has 0 aliphatic heterocycles. The van der Waals surface area contributed by atoms with Crippen molar-refractivity contribution < 1.29 is 14.3 Å². The third-order valence-electron chi connectivity index (χ3n) is 4.01. The molecule has 1 N–H and O–H groups in total. The van der Waals surface area contributed by atoms with Gasteiger partial charge in [0.25, 0.3) is 5.91 Å². The Bertz CT molecular complexity index is 707. The number of carbonyl (C=O) groups is 2. The number of anilines is 1. The Morgan fingerprint density at radius 3 is 2.38 bits per heavy atom. The fourth-order valence-corrected chi connectivity index (χ4v) is 2.39. The van der Waals surface area contributed by atoms with Crippen molar-refractivity contribution in [2.45, 2.75) is 39.7 Å². The minimum atomic E-state index is -0.321. The molecule has 0 bridgehead atoms. The van der Waals surface area contributed by atoms with Crippen LogP contribution in [0.25, 0.3) is 0 Å². The van der Waals surface area contributed by atoms with Crippen LogP contribution in [-0.4, -0.2) is 11.9 Å². The molecule has 2 aromatic rings. The van der Waals surface area contributed by atoms with Gasteiger partial charge in [-0.15, -0.1) is 0 Å². The summed E-state index contributed by atoms with van der Waals surface area (Å²) in [6.07, 6.45) is 1.01. The molecule has 0 saturated carbocycles. The second kappa shape index (κ2) is 8.29. The van der Waals surface area contributed by atoms with E-state index >= 15 is 0 Å². The Balaban J connectivity index is 2.09. The number of benzene rings is 2. The summed E-state index contributed by atoms with van der Waals surface area (Å²) < 4.78 is 4.94. The highest BCUT2D eigenvalue weighted by atomic mass is 16.5. The highest BCUT2D eigenvalue weighted by molar-refractivity contribution is 6.04. The van der Waals surface area contributed by atoms with E-state index in [1.165, 1.54) is 6.92 Å². The number of rotatable bonds is 6. The molecule has 0 spiro atoms. The van der Waals surface area contributed by atoms with Crippen molar-refractivity contribution in [2.24, 2.45) is 0 Å². The zero-order valence-electron chi connectivity index (χ0n) is 14.3. The number of hydrogen-bond acceptors (Lipinski definition) is 3. The molecule has 0 aliphatic carbocycles. The molecule has 0 saturated heterocycles. The molecule has 126 valence electrons. The number of amides is 1. The fraction of sp³-hybridized carbons (Fsp3) is 0.300. The molecule has 0 aliphatic rings. The van der Waals surface area contributed by atoms with E-state index in [0.717, 1.165) is 23.2 Å². The summed E-state index contributed by atoms with van der Waals surface area (Å²) in [5, 5.41) is 2.99. The summed E-state index contributed by atoms with van der Waals surface area (Å²) in [5.41, 5.74) is 3.41. The number of nitrogens with one attached hydrogen (secondary N) is 1. The normalized spacial score (nSPS) is 11.6. The van der Waals surface area contributed by atoms with E-state index in [1.54, 1.807) is 24.3 Å². The third-order valence-corrected chi connectivity index (χ3v) is 4.01. The Morgan fingerprint density at radius 1 is 1.08 bits per heavy atom. The van der Waals surface area contributed by atoms with Crippen LogP contribution in [0.5, 0.6) is 0 Å². The van der Waals surface area contributed by atoms with Gasteiger partial charge in [-0.25, -0.2) is 0 Å². The zero-order chi connectivity index (χ0) is 17.5. The maximum absolute atomic E-state index is 12.5. The summed E-state index contributed by atoms with van der Waals surface area (Å²) in [4.78, 5) is 23.3. The number of esters is 1. The van der Waals surface area contributed by atoms with Gasteiger partial charge in [-0.3, -0.25) is 9.59 Å². The van der Waals surface area contributed by atoms with Crippen molar-refractivity contribution in [3.05, 3.63) is 65.2 Å². The molecule has 0 aromatic heterocycles. The van der Waals surface area contributed by atoms with Gasteiger partial charge in [0.2, 0.25) is 0 Å². The van der Waals surface area contributed by atoms with Gasteiger partial charge in [-0.1, -0.05) is 44.2 Å². The minimum absolute atomic E-state index is 0.148. The third kappa shape index (κ3) is 4.69. The first kappa shape index (κ1) is 17.7.